The Morgan fingerprint density at radius 3 is 2.47 bits per heavy atom. The molecule has 0 fully saturated rings. The minimum atomic E-state index is 0.904. The zero-order chi connectivity index (χ0) is 11.7. The molecule has 82 valence electrons. The Morgan fingerprint density at radius 1 is 1.33 bits per heavy atom. The molecule has 0 amide bonds. The van der Waals surface area contributed by atoms with Crippen LogP contribution in [0.4, 0.5) is 0 Å². The fourth-order valence-electron chi connectivity index (χ4n) is 1.01. The van der Waals surface area contributed by atoms with Gasteiger partial charge in [0.05, 0.1) is 0 Å². The predicted octanol–water partition coefficient (Wildman–Crippen LogP) is 3.74. The maximum Gasteiger partial charge on any atom is 0.0328 e. The van der Waals surface area contributed by atoms with Crippen LogP contribution in [0, 0.1) is 0 Å². The Bertz CT molecular complexity index is 303. The second-order valence-electron chi connectivity index (χ2n) is 3.12. The van der Waals surface area contributed by atoms with Crippen molar-refractivity contribution in [2.75, 3.05) is 6.54 Å². The molecule has 0 aliphatic carbocycles. The summed E-state index contributed by atoms with van der Waals surface area (Å²) in [7, 11) is 0. The van der Waals surface area contributed by atoms with E-state index in [0.29, 0.717) is 0 Å². The van der Waals surface area contributed by atoms with E-state index < -0.39 is 0 Å². The molecule has 0 spiro atoms. The van der Waals surface area contributed by atoms with Gasteiger partial charge in [0.1, 0.15) is 0 Å². The lowest BCUT2D eigenvalue weighted by Crippen LogP contribution is -2.09. The lowest BCUT2D eigenvalue weighted by atomic mass is 10.1. The summed E-state index contributed by atoms with van der Waals surface area (Å²) >= 11 is 0. The highest BCUT2D eigenvalue weighted by molar-refractivity contribution is 5.46. The lowest BCUT2D eigenvalue weighted by Gasteiger charge is -2.07. The topological polar surface area (TPSA) is 12.0 Å². The molecule has 15 heavy (non-hydrogen) atoms. The van der Waals surface area contributed by atoms with E-state index in [4.69, 9.17) is 0 Å². The van der Waals surface area contributed by atoms with Crippen LogP contribution in [0.15, 0.2) is 60.4 Å². The van der Waals surface area contributed by atoms with Gasteiger partial charge in [0.15, 0.2) is 0 Å². The molecule has 0 radical (unpaired) electrons. The minimum absolute atomic E-state index is 0.904. The molecule has 1 aliphatic heterocycles. The summed E-state index contributed by atoms with van der Waals surface area (Å²) in [6.45, 7) is 14.6. The molecule has 1 N–H and O–H groups in total. The lowest BCUT2D eigenvalue weighted by molar-refractivity contribution is 0.959. The summed E-state index contributed by atoms with van der Waals surface area (Å²) in [4.78, 5) is 0. The summed E-state index contributed by atoms with van der Waals surface area (Å²) < 4.78 is 0. The first-order chi connectivity index (χ1) is 7.20. The second kappa shape index (κ2) is 7.86. The minimum Gasteiger partial charge on any atom is -0.387 e. The average Bonchev–Trinajstić information content (AvgIpc) is 2.30. The third-order valence-electron chi connectivity index (χ3n) is 1.73. The van der Waals surface area contributed by atoms with Gasteiger partial charge in [-0.1, -0.05) is 56.9 Å². The number of hydrogen-bond acceptors (Lipinski definition) is 1. The first-order valence-corrected chi connectivity index (χ1v) is 5.33. The average molecular weight is 203 g/mol. The molecule has 0 bridgehead atoms. The van der Waals surface area contributed by atoms with Gasteiger partial charge >= 0.3 is 0 Å². The Morgan fingerprint density at radius 2 is 2.00 bits per heavy atom. The van der Waals surface area contributed by atoms with Gasteiger partial charge in [0.25, 0.3) is 0 Å². The summed E-state index contributed by atoms with van der Waals surface area (Å²) in [5.41, 5.74) is 3.17. The maximum absolute atomic E-state index is 3.96. The normalized spacial score (nSPS) is 13.7. The van der Waals surface area contributed by atoms with Gasteiger partial charge in [0.2, 0.25) is 0 Å². The van der Waals surface area contributed by atoms with Gasteiger partial charge in [-0.2, -0.15) is 0 Å². The summed E-state index contributed by atoms with van der Waals surface area (Å²) in [5.74, 6) is 0. The van der Waals surface area contributed by atoms with Crippen molar-refractivity contribution in [2.45, 2.75) is 20.8 Å². The van der Waals surface area contributed by atoms with Crippen molar-refractivity contribution in [2.24, 2.45) is 0 Å². The molecule has 0 saturated carbocycles. The van der Waals surface area contributed by atoms with Gasteiger partial charge < -0.3 is 5.32 Å². The number of allylic oxidation sites excluding steroid dienone is 6. The van der Waals surface area contributed by atoms with Crippen LogP contribution in [0.2, 0.25) is 0 Å². The van der Waals surface area contributed by atoms with Crippen LogP contribution in [-0.4, -0.2) is 6.54 Å². The zero-order valence-corrected chi connectivity index (χ0v) is 10.0. The largest absolute Gasteiger partial charge is 0.387 e. The summed E-state index contributed by atoms with van der Waals surface area (Å²) in [6, 6.07) is 0. The molecule has 1 aliphatic rings. The van der Waals surface area contributed by atoms with Gasteiger partial charge in [0, 0.05) is 12.7 Å². The smallest absolute Gasteiger partial charge is 0.0328 e. The van der Waals surface area contributed by atoms with Crippen molar-refractivity contribution in [1.29, 1.82) is 0 Å². The van der Waals surface area contributed by atoms with E-state index in [9.17, 15) is 0 Å². The molecule has 0 aromatic heterocycles. The van der Waals surface area contributed by atoms with Crippen LogP contribution in [0.1, 0.15) is 20.8 Å². The van der Waals surface area contributed by atoms with E-state index >= 15 is 0 Å². The van der Waals surface area contributed by atoms with Crippen molar-refractivity contribution in [3.05, 3.63) is 60.4 Å². The quantitative estimate of drug-likeness (QED) is 0.689. The van der Waals surface area contributed by atoms with Crippen molar-refractivity contribution >= 4 is 0 Å². The fraction of sp³-hybridized carbons (Fsp3) is 0.286. The van der Waals surface area contributed by atoms with Crippen LogP contribution in [0.3, 0.4) is 0 Å². The predicted molar refractivity (Wildman–Crippen MR) is 69.7 cm³/mol. The molecule has 0 aromatic rings. The Balaban J connectivity index is 0.000000921. The molecule has 0 aromatic carbocycles. The first-order valence-electron chi connectivity index (χ1n) is 5.33. The standard InChI is InChI=1S/C12H15N.C2H6/c1-10(2)6-7-11(3)12-5-4-8-13-9-12;1-2/h4-7,9,13H,1,3,8H2,2H3;1-2H3/b7-6-;. The van der Waals surface area contributed by atoms with E-state index in [-0.39, 0.29) is 0 Å². The highest BCUT2D eigenvalue weighted by Crippen LogP contribution is 2.12. The third kappa shape index (κ3) is 5.74. The molecule has 0 unspecified atom stereocenters. The van der Waals surface area contributed by atoms with Gasteiger partial charge in [-0.15, -0.1) is 0 Å². The van der Waals surface area contributed by atoms with Gasteiger partial charge in [-0.3, -0.25) is 0 Å². The Kier molecular flexibility index (Phi) is 7.08. The molecule has 1 nitrogen and oxygen atoms in total. The highest BCUT2D eigenvalue weighted by atomic mass is 14.8. The molecular weight excluding hydrogens is 182 g/mol. The number of hydrogen-bond donors (Lipinski definition) is 1. The Labute approximate surface area is 93.6 Å². The molecular formula is C14H21N. The SMILES string of the molecule is C=C(C)/C=C\C(=C)C1=CNCC=C1.CC. The van der Waals surface area contributed by atoms with E-state index in [2.05, 4.69) is 30.6 Å². The van der Waals surface area contributed by atoms with Crippen molar-refractivity contribution in [3.8, 4) is 0 Å². The van der Waals surface area contributed by atoms with Gasteiger partial charge in [-0.05, 0) is 18.1 Å². The molecule has 1 heteroatoms. The molecule has 1 rings (SSSR count). The van der Waals surface area contributed by atoms with E-state index in [1.165, 1.54) is 0 Å². The monoisotopic (exact) mass is 203 g/mol. The van der Waals surface area contributed by atoms with Crippen LogP contribution in [0.25, 0.3) is 0 Å². The van der Waals surface area contributed by atoms with Crippen molar-refractivity contribution in [1.82, 2.24) is 5.32 Å². The van der Waals surface area contributed by atoms with E-state index in [1.807, 2.05) is 39.1 Å². The van der Waals surface area contributed by atoms with Crippen molar-refractivity contribution in [3.63, 3.8) is 0 Å². The summed E-state index contributed by atoms with van der Waals surface area (Å²) in [5, 5.41) is 3.14. The van der Waals surface area contributed by atoms with Gasteiger partial charge in [-0.25, -0.2) is 0 Å². The fourth-order valence-corrected chi connectivity index (χ4v) is 1.01. The molecule has 1 heterocycles. The number of nitrogens with one attached hydrogen (secondary N) is 1. The van der Waals surface area contributed by atoms with Crippen molar-refractivity contribution < 1.29 is 0 Å². The van der Waals surface area contributed by atoms with Crippen LogP contribution >= 0.6 is 0 Å². The maximum atomic E-state index is 3.96. The zero-order valence-electron chi connectivity index (χ0n) is 10.0. The number of dihydropyridines is 1. The van der Waals surface area contributed by atoms with E-state index in [0.717, 1.165) is 23.3 Å². The van der Waals surface area contributed by atoms with Crippen LogP contribution in [-0.2, 0) is 0 Å². The van der Waals surface area contributed by atoms with E-state index in [1.54, 1.807) is 0 Å². The first kappa shape index (κ1) is 13.5. The molecule has 0 saturated heterocycles. The highest BCUT2D eigenvalue weighted by Gasteiger charge is 1.97. The van der Waals surface area contributed by atoms with Crippen LogP contribution < -0.4 is 5.32 Å². The second-order valence-corrected chi connectivity index (χ2v) is 3.12. The summed E-state index contributed by atoms with van der Waals surface area (Å²) in [6.07, 6.45) is 10.1. The molecule has 0 atom stereocenters. The Hall–Kier alpha value is -1.50. The van der Waals surface area contributed by atoms with Crippen LogP contribution in [0.5, 0.6) is 0 Å². The number of rotatable bonds is 3. The third-order valence-corrected chi connectivity index (χ3v) is 1.73.